The molecule has 0 aromatic rings. The lowest BCUT2D eigenvalue weighted by Crippen LogP contribution is -2.30. The van der Waals surface area contributed by atoms with Gasteiger partial charge in [-0.3, -0.25) is 0 Å². The van der Waals surface area contributed by atoms with Gasteiger partial charge in [0.25, 0.3) is 0 Å². The fraction of sp³-hybridized carbons (Fsp3) is 0.667. The van der Waals surface area contributed by atoms with Crippen molar-refractivity contribution >= 4 is 72.3 Å². The number of aliphatic hydroxyl groups excluding tert-OH is 2. The molecule has 5 nitrogen and oxygen atoms in total. The first kappa shape index (κ1) is 21.7. The van der Waals surface area contributed by atoms with E-state index in [2.05, 4.69) is 62.2 Å². The Morgan fingerprint density at radius 3 is 1.19 bits per heavy atom. The van der Waals surface area contributed by atoms with E-state index in [-0.39, 0.29) is 10.1 Å². The average molecular weight is 323 g/mol. The highest BCUT2D eigenvalue weighted by Crippen LogP contribution is 1.83. The van der Waals surface area contributed by atoms with Gasteiger partial charge in [-0.2, -0.15) is 29.5 Å². The number of rotatable bonds is 4. The first-order chi connectivity index (χ1) is 7.36. The summed E-state index contributed by atoms with van der Waals surface area (Å²) in [7, 11) is 0. The summed E-state index contributed by atoms with van der Waals surface area (Å²) in [5.41, 5.74) is 10.3. The van der Waals surface area contributed by atoms with Crippen LogP contribution >= 0.6 is 49.7 Å². The smallest absolute Gasteiger partial charge is 0.197 e. The van der Waals surface area contributed by atoms with Crippen molar-refractivity contribution in [3.05, 3.63) is 0 Å². The minimum atomic E-state index is -0.446. The first-order valence-corrected chi connectivity index (χ1v) is 6.13. The van der Waals surface area contributed by atoms with E-state index in [4.69, 9.17) is 25.9 Å². The summed E-state index contributed by atoms with van der Waals surface area (Å²) in [6.07, 6.45) is 0. The van der Waals surface area contributed by atoms with Crippen LogP contribution in [0.3, 0.4) is 0 Å². The minimum absolute atomic E-state index is 0.171. The zero-order chi connectivity index (χ0) is 13.7. The molecule has 96 valence electrons. The molecule has 0 heterocycles. The van der Waals surface area contributed by atoms with Crippen LogP contribution in [0.25, 0.3) is 0 Å². The highest BCUT2D eigenvalue weighted by atomic mass is 32.1. The Labute approximate surface area is 121 Å². The van der Waals surface area contributed by atoms with E-state index in [1.807, 2.05) is 0 Å². The summed E-state index contributed by atoms with van der Waals surface area (Å²) in [4.78, 5) is 0. The maximum atomic E-state index is 8.38. The van der Waals surface area contributed by atoms with E-state index >= 15 is 0 Å². The number of hydrogen-bond donors (Lipinski definition) is 6. The third-order valence-corrected chi connectivity index (χ3v) is 2.42. The molecular formula is C6H14N2O3S5. The van der Waals surface area contributed by atoms with E-state index in [1.165, 1.54) is 0 Å². The molecule has 0 aromatic carbocycles. The van der Waals surface area contributed by atoms with Crippen LogP contribution in [0, 0.1) is 0 Å². The van der Waals surface area contributed by atoms with Gasteiger partial charge in [-0.25, -0.2) is 0 Å². The van der Waals surface area contributed by atoms with Crippen LogP contribution in [0.2, 0.25) is 0 Å². The van der Waals surface area contributed by atoms with E-state index in [0.29, 0.717) is 11.5 Å². The molecule has 10 heteroatoms. The van der Waals surface area contributed by atoms with Gasteiger partial charge in [-0.05, 0) is 24.4 Å². The van der Waals surface area contributed by atoms with Gasteiger partial charge in [0, 0.05) is 11.5 Å². The summed E-state index contributed by atoms with van der Waals surface area (Å²) in [6, 6.07) is -0.892. The van der Waals surface area contributed by atoms with Gasteiger partial charge in [-0.1, -0.05) is 0 Å². The Kier molecular flexibility index (Phi) is 20.9. The van der Waals surface area contributed by atoms with Crippen LogP contribution in [0.1, 0.15) is 0 Å². The maximum absolute atomic E-state index is 8.38. The second kappa shape index (κ2) is 15.4. The van der Waals surface area contributed by atoms with Crippen molar-refractivity contribution in [1.82, 2.24) is 0 Å². The molecular weight excluding hydrogens is 308 g/mol. The predicted molar refractivity (Wildman–Crippen MR) is 82.3 cm³/mol. The zero-order valence-electron chi connectivity index (χ0n) is 8.15. The Morgan fingerprint density at radius 1 is 1.00 bits per heavy atom. The molecule has 0 rings (SSSR count). The fourth-order valence-electron chi connectivity index (χ4n) is 0.156. The third-order valence-electron chi connectivity index (χ3n) is 1.03. The Morgan fingerprint density at radius 2 is 1.19 bits per heavy atom. The van der Waals surface area contributed by atoms with Crippen molar-refractivity contribution in [3.63, 3.8) is 0 Å². The van der Waals surface area contributed by atoms with E-state index < -0.39 is 12.1 Å². The Hall–Kier alpha value is 0.420. The monoisotopic (exact) mass is 322 g/mol. The predicted octanol–water partition coefficient (Wildman–Crippen LogP) is -0.0785. The van der Waals surface area contributed by atoms with Gasteiger partial charge >= 0.3 is 0 Å². The van der Waals surface area contributed by atoms with Gasteiger partial charge in [0.05, 0.1) is 12.1 Å². The van der Waals surface area contributed by atoms with Crippen molar-refractivity contribution in [2.75, 3.05) is 11.5 Å². The number of hydrogen-bond acceptors (Lipinski definition) is 8. The highest BCUT2D eigenvalue weighted by Gasteiger charge is 2.01. The van der Waals surface area contributed by atoms with Gasteiger partial charge < -0.3 is 21.7 Å². The Balaban J connectivity index is -0.000000183. The highest BCUT2D eigenvalue weighted by molar-refractivity contribution is 7.81. The molecule has 0 saturated carbocycles. The molecule has 0 amide bonds. The van der Waals surface area contributed by atoms with Crippen LogP contribution in [0.5, 0.6) is 0 Å². The van der Waals surface area contributed by atoms with E-state index in [1.54, 1.807) is 0 Å². The number of thiol groups is 2. The Bertz CT molecular complexity index is 187. The molecule has 0 radical (unpaired) electrons. The molecule has 2 atom stereocenters. The van der Waals surface area contributed by atoms with Crippen LogP contribution in [0.15, 0.2) is 0 Å². The lowest BCUT2D eigenvalue weighted by molar-refractivity contribution is 0.539. The van der Waals surface area contributed by atoms with E-state index in [9.17, 15) is 0 Å². The van der Waals surface area contributed by atoms with E-state index in [0.717, 1.165) is 0 Å². The summed E-state index contributed by atoms with van der Waals surface area (Å²) >= 11 is 19.0. The minimum Gasteiger partial charge on any atom is -0.501 e. The molecule has 0 fully saturated rings. The first-order valence-electron chi connectivity index (χ1n) is 3.72. The molecule has 0 aromatic heterocycles. The van der Waals surface area contributed by atoms with Crippen molar-refractivity contribution in [3.8, 4) is 0 Å². The van der Waals surface area contributed by atoms with Crippen molar-refractivity contribution < 1.29 is 14.4 Å². The molecule has 0 aliphatic carbocycles. The summed E-state index contributed by atoms with van der Waals surface area (Å²) in [5.74, 6) is 0.796. The molecule has 6 N–H and O–H groups in total. The summed E-state index contributed by atoms with van der Waals surface area (Å²) < 4.78 is 7.83. The zero-order valence-corrected chi connectivity index (χ0v) is 12.4. The number of thiocarbonyl (C=S) groups is 2. The molecule has 0 spiro atoms. The standard InChI is InChI=1S/2C3H7NOS2.OS/c2*4-2(1-6)3(5)7;1-2/h2*2,6H,1,4H2,(H,5,7);/t2*2-;/m00./s1. The molecule has 16 heavy (non-hydrogen) atoms. The number of nitrogens with two attached hydrogens (primary N) is 2. The molecule has 0 aliphatic rings. The quantitative estimate of drug-likeness (QED) is 0.315. The molecule has 0 unspecified atom stereocenters. The largest absolute Gasteiger partial charge is 0.501 e. The maximum Gasteiger partial charge on any atom is 0.197 e. The van der Waals surface area contributed by atoms with Gasteiger partial charge in [-0.15, -0.1) is 0 Å². The number of aliphatic hydroxyl groups is 2. The van der Waals surface area contributed by atoms with Crippen molar-refractivity contribution in [2.45, 2.75) is 12.1 Å². The topological polar surface area (TPSA) is 110 Å². The lowest BCUT2D eigenvalue weighted by Gasteiger charge is -2.00. The molecule has 0 bridgehead atoms. The average Bonchev–Trinajstić information content (AvgIpc) is 2.29. The van der Waals surface area contributed by atoms with Gasteiger partial charge in [0.1, 0.15) is 0 Å². The fourth-order valence-corrected chi connectivity index (χ4v) is 0.916. The van der Waals surface area contributed by atoms with Gasteiger partial charge in [0.2, 0.25) is 0 Å². The third kappa shape index (κ3) is 16.8. The second-order valence-electron chi connectivity index (χ2n) is 2.25. The summed E-state index contributed by atoms with van der Waals surface area (Å²) in [5, 5.41) is 16.4. The molecule has 0 saturated heterocycles. The summed E-state index contributed by atoms with van der Waals surface area (Å²) in [6.45, 7) is 0. The van der Waals surface area contributed by atoms with Crippen LogP contribution in [-0.2, 0) is 12.5 Å². The van der Waals surface area contributed by atoms with Crippen LogP contribution in [-0.4, -0.2) is 48.1 Å². The molecule has 0 aliphatic heterocycles. The van der Waals surface area contributed by atoms with Crippen molar-refractivity contribution in [1.29, 1.82) is 0 Å². The van der Waals surface area contributed by atoms with Gasteiger partial charge in [0.15, 0.2) is 22.6 Å². The second-order valence-corrected chi connectivity index (χ2v) is 3.82. The van der Waals surface area contributed by atoms with Crippen LogP contribution in [0.4, 0.5) is 0 Å². The normalized spacial score (nSPS) is 12.0. The van der Waals surface area contributed by atoms with Crippen molar-refractivity contribution in [2.24, 2.45) is 11.5 Å². The lowest BCUT2D eigenvalue weighted by atomic mass is 10.4. The van der Waals surface area contributed by atoms with Crippen LogP contribution < -0.4 is 11.5 Å². The SMILES string of the molecule is N[C@@H](CS)C(O)=S.N[C@@H](CS)C(O)=S.O=S.